The number of benzene rings is 1. The monoisotopic (exact) mass is 374 g/mol. The van der Waals surface area contributed by atoms with Gasteiger partial charge in [-0.15, -0.1) is 0 Å². The van der Waals surface area contributed by atoms with Crippen LogP contribution in [-0.2, 0) is 11.2 Å². The Hall–Kier alpha value is -2.15. The molecule has 1 aromatic carbocycles. The van der Waals surface area contributed by atoms with Gasteiger partial charge in [-0.25, -0.2) is 0 Å². The Kier molecular flexibility index (Phi) is 6.66. The lowest BCUT2D eigenvalue weighted by atomic mass is 9.87. The molecule has 2 heterocycles. The van der Waals surface area contributed by atoms with Gasteiger partial charge in [-0.2, -0.15) is 0 Å². The molecule has 1 spiro atoms. The van der Waals surface area contributed by atoms with E-state index in [4.69, 9.17) is 9.73 Å². The topological polar surface area (TPSA) is 80.0 Å². The molecule has 0 saturated carbocycles. The van der Waals surface area contributed by atoms with E-state index >= 15 is 0 Å². The van der Waals surface area contributed by atoms with Crippen molar-refractivity contribution in [3.63, 3.8) is 0 Å². The number of ether oxygens (including phenoxy) is 1. The highest BCUT2D eigenvalue weighted by atomic mass is 16.6. The lowest BCUT2D eigenvalue weighted by Gasteiger charge is -2.25. The SMILES string of the molecule is CCNC(=NCCCCc1ccc([N+](=O)[O-])cc1)N1CCC2(CCOC2)C1. The summed E-state index contributed by atoms with van der Waals surface area (Å²) >= 11 is 0. The Labute approximate surface area is 161 Å². The molecule has 1 unspecified atom stereocenters. The lowest BCUT2D eigenvalue weighted by molar-refractivity contribution is -0.384. The summed E-state index contributed by atoms with van der Waals surface area (Å²) in [6, 6.07) is 6.84. The third kappa shape index (κ3) is 5.19. The minimum atomic E-state index is -0.360. The van der Waals surface area contributed by atoms with Crippen molar-refractivity contribution < 1.29 is 9.66 Å². The molecule has 0 aromatic heterocycles. The molecular weight excluding hydrogens is 344 g/mol. The van der Waals surface area contributed by atoms with E-state index in [2.05, 4.69) is 17.1 Å². The van der Waals surface area contributed by atoms with Crippen LogP contribution in [0.25, 0.3) is 0 Å². The number of nitrogens with one attached hydrogen (secondary N) is 1. The van der Waals surface area contributed by atoms with Gasteiger partial charge in [-0.05, 0) is 44.6 Å². The maximum Gasteiger partial charge on any atom is 0.269 e. The molecule has 2 aliphatic heterocycles. The number of unbranched alkanes of at least 4 members (excludes halogenated alkanes) is 1. The Morgan fingerprint density at radius 3 is 2.81 bits per heavy atom. The van der Waals surface area contributed by atoms with Crippen LogP contribution in [0.2, 0.25) is 0 Å². The van der Waals surface area contributed by atoms with Crippen LogP contribution >= 0.6 is 0 Å². The largest absolute Gasteiger partial charge is 0.381 e. The summed E-state index contributed by atoms with van der Waals surface area (Å²) in [6.45, 7) is 7.66. The number of aryl methyl sites for hydroxylation is 1. The van der Waals surface area contributed by atoms with Gasteiger partial charge in [0.05, 0.1) is 11.5 Å². The zero-order valence-corrected chi connectivity index (χ0v) is 16.2. The quantitative estimate of drug-likeness (QED) is 0.261. The molecule has 2 saturated heterocycles. The number of nitrogens with zero attached hydrogens (tertiary/aromatic N) is 3. The molecule has 0 bridgehead atoms. The molecule has 1 aromatic rings. The van der Waals surface area contributed by atoms with Crippen LogP contribution in [0.5, 0.6) is 0 Å². The lowest BCUT2D eigenvalue weighted by Crippen LogP contribution is -2.41. The van der Waals surface area contributed by atoms with E-state index in [9.17, 15) is 10.1 Å². The van der Waals surface area contributed by atoms with Gasteiger partial charge in [0.1, 0.15) is 0 Å². The van der Waals surface area contributed by atoms with Gasteiger partial charge in [0.15, 0.2) is 5.96 Å². The summed E-state index contributed by atoms with van der Waals surface area (Å²) < 4.78 is 5.62. The van der Waals surface area contributed by atoms with Crippen molar-refractivity contribution in [2.75, 3.05) is 39.4 Å². The van der Waals surface area contributed by atoms with Crippen molar-refractivity contribution in [2.24, 2.45) is 10.4 Å². The van der Waals surface area contributed by atoms with E-state index in [0.29, 0.717) is 5.41 Å². The summed E-state index contributed by atoms with van der Waals surface area (Å²) in [5.74, 6) is 1.02. The fraction of sp³-hybridized carbons (Fsp3) is 0.650. The molecule has 27 heavy (non-hydrogen) atoms. The van der Waals surface area contributed by atoms with Crippen molar-refractivity contribution in [2.45, 2.75) is 39.0 Å². The Morgan fingerprint density at radius 1 is 1.33 bits per heavy atom. The van der Waals surface area contributed by atoms with E-state index in [1.54, 1.807) is 12.1 Å². The van der Waals surface area contributed by atoms with E-state index < -0.39 is 0 Å². The summed E-state index contributed by atoms with van der Waals surface area (Å²) in [5.41, 5.74) is 1.63. The first-order valence-corrected chi connectivity index (χ1v) is 9.96. The molecule has 7 heteroatoms. The van der Waals surface area contributed by atoms with Gasteiger partial charge < -0.3 is 15.0 Å². The van der Waals surface area contributed by atoms with E-state index in [1.165, 1.54) is 6.42 Å². The van der Waals surface area contributed by atoms with Crippen LogP contribution < -0.4 is 5.32 Å². The van der Waals surface area contributed by atoms with Gasteiger partial charge in [0.2, 0.25) is 0 Å². The minimum absolute atomic E-state index is 0.148. The van der Waals surface area contributed by atoms with Gasteiger partial charge in [0, 0.05) is 50.3 Å². The third-order valence-corrected chi connectivity index (χ3v) is 5.54. The second kappa shape index (κ2) is 9.17. The standard InChI is InChI=1S/C20H30N4O3/c1-2-21-19(23-13-10-20(15-23)11-14-27-16-20)22-12-4-3-5-17-6-8-18(9-7-17)24(25)26/h6-9H,2-5,10-16H2,1H3,(H,21,22). The van der Waals surface area contributed by atoms with Gasteiger partial charge in [-0.1, -0.05) is 12.1 Å². The van der Waals surface area contributed by atoms with Crippen molar-refractivity contribution in [1.82, 2.24) is 10.2 Å². The zero-order chi connectivity index (χ0) is 19.1. The fourth-order valence-corrected chi connectivity index (χ4v) is 3.92. The number of non-ortho nitro benzene ring substituents is 1. The highest BCUT2D eigenvalue weighted by molar-refractivity contribution is 5.80. The molecule has 2 aliphatic rings. The van der Waals surface area contributed by atoms with Crippen LogP contribution in [0.3, 0.4) is 0 Å². The van der Waals surface area contributed by atoms with Crippen LogP contribution in [0, 0.1) is 15.5 Å². The number of aliphatic imine (C=N–C) groups is 1. The molecule has 1 N–H and O–H groups in total. The molecule has 7 nitrogen and oxygen atoms in total. The zero-order valence-electron chi connectivity index (χ0n) is 16.2. The van der Waals surface area contributed by atoms with E-state index in [0.717, 1.165) is 76.6 Å². The van der Waals surface area contributed by atoms with Gasteiger partial charge >= 0.3 is 0 Å². The maximum absolute atomic E-state index is 10.7. The van der Waals surface area contributed by atoms with Crippen molar-refractivity contribution in [3.05, 3.63) is 39.9 Å². The molecule has 0 amide bonds. The molecule has 3 rings (SSSR count). The first kappa shape index (κ1) is 19.6. The summed E-state index contributed by atoms with van der Waals surface area (Å²) in [7, 11) is 0. The Morgan fingerprint density at radius 2 is 2.15 bits per heavy atom. The second-order valence-electron chi connectivity index (χ2n) is 7.59. The van der Waals surface area contributed by atoms with Gasteiger partial charge in [-0.3, -0.25) is 15.1 Å². The van der Waals surface area contributed by atoms with Crippen LogP contribution in [0.1, 0.15) is 38.2 Å². The average Bonchev–Trinajstić information content (AvgIpc) is 3.31. The first-order valence-electron chi connectivity index (χ1n) is 9.96. The number of hydrogen-bond donors (Lipinski definition) is 1. The molecule has 2 fully saturated rings. The normalized spacial score (nSPS) is 22.6. The number of hydrogen-bond acceptors (Lipinski definition) is 4. The molecule has 148 valence electrons. The van der Waals surface area contributed by atoms with Crippen LogP contribution in [-0.4, -0.2) is 55.2 Å². The van der Waals surface area contributed by atoms with E-state index in [1.807, 2.05) is 12.1 Å². The van der Waals surface area contributed by atoms with Crippen molar-refractivity contribution in [3.8, 4) is 0 Å². The Bertz CT molecular complexity index is 654. The number of likely N-dealkylation sites (tertiary alicyclic amines) is 1. The number of rotatable bonds is 7. The minimum Gasteiger partial charge on any atom is -0.381 e. The highest BCUT2D eigenvalue weighted by Crippen LogP contribution is 2.38. The number of nitro groups is 1. The number of nitro benzene ring substituents is 1. The van der Waals surface area contributed by atoms with Crippen molar-refractivity contribution in [1.29, 1.82) is 0 Å². The fourth-order valence-electron chi connectivity index (χ4n) is 3.92. The van der Waals surface area contributed by atoms with Crippen LogP contribution in [0.4, 0.5) is 5.69 Å². The van der Waals surface area contributed by atoms with Crippen LogP contribution in [0.15, 0.2) is 29.3 Å². The smallest absolute Gasteiger partial charge is 0.269 e. The predicted octanol–water partition coefficient (Wildman–Crippen LogP) is 3.00. The molecule has 0 aliphatic carbocycles. The first-order chi connectivity index (χ1) is 13.1. The molecule has 1 atom stereocenters. The maximum atomic E-state index is 10.7. The van der Waals surface area contributed by atoms with Crippen molar-refractivity contribution >= 4 is 11.6 Å². The number of guanidine groups is 1. The third-order valence-electron chi connectivity index (χ3n) is 5.54. The van der Waals surface area contributed by atoms with Gasteiger partial charge in [0.25, 0.3) is 5.69 Å². The average molecular weight is 374 g/mol. The molecular formula is C20H30N4O3. The predicted molar refractivity (Wildman–Crippen MR) is 106 cm³/mol. The summed E-state index contributed by atoms with van der Waals surface area (Å²) in [4.78, 5) is 17.5. The second-order valence-corrected chi connectivity index (χ2v) is 7.59. The van der Waals surface area contributed by atoms with E-state index in [-0.39, 0.29) is 10.6 Å². The Balaban J connectivity index is 1.44. The highest BCUT2D eigenvalue weighted by Gasteiger charge is 2.42. The summed E-state index contributed by atoms with van der Waals surface area (Å²) in [5, 5.41) is 14.1. The summed E-state index contributed by atoms with van der Waals surface area (Å²) in [6.07, 6.45) is 5.32. The molecule has 0 radical (unpaired) electrons.